The first-order valence-electron chi connectivity index (χ1n) is 3.83. The van der Waals surface area contributed by atoms with Gasteiger partial charge in [0, 0.05) is 6.07 Å². The third kappa shape index (κ3) is 2.54. The third-order valence-electron chi connectivity index (χ3n) is 1.40. The van der Waals surface area contributed by atoms with Gasteiger partial charge in [-0.15, -0.1) is 0 Å². The summed E-state index contributed by atoms with van der Waals surface area (Å²) in [4.78, 5) is 11.1. The molecule has 1 aromatic heterocycles. The summed E-state index contributed by atoms with van der Waals surface area (Å²) in [6.45, 7) is 4.05. The first-order chi connectivity index (χ1) is 5.89. The van der Waals surface area contributed by atoms with Gasteiger partial charge in [-0.25, -0.2) is 4.39 Å². The monoisotopic (exact) mass is 186 g/mol. The Hall–Kier alpha value is -1.39. The molecule has 0 saturated heterocycles. The number of alkyl halides is 1. The van der Waals surface area contributed by atoms with Gasteiger partial charge in [0.1, 0.15) is 0 Å². The molecule has 1 aromatic rings. The Morgan fingerprint density at radius 1 is 1.69 bits per heavy atom. The number of nitrogens with one attached hydrogen (secondary N) is 1. The summed E-state index contributed by atoms with van der Waals surface area (Å²) in [6, 6.07) is 1.52. The number of aromatic nitrogens is 1. The number of nitrogens with zero attached hydrogens (tertiary/aromatic N) is 1. The molecule has 1 rings (SSSR count). The van der Waals surface area contributed by atoms with Crippen LogP contribution in [0.2, 0.25) is 0 Å². The lowest BCUT2D eigenvalue weighted by Gasteiger charge is -2.11. The van der Waals surface area contributed by atoms with E-state index < -0.39 is 11.6 Å². The topological polar surface area (TPSA) is 55.1 Å². The molecular weight excluding hydrogens is 175 g/mol. The second-order valence-corrected chi connectivity index (χ2v) is 3.26. The molecule has 4 nitrogen and oxygen atoms in total. The standard InChI is InChI=1S/C8H11FN2O2/c1-5-4-6(13-11-5)10-7(12)8(2,3)9/h4H,1-3H3,(H,10,12). The molecule has 0 radical (unpaired) electrons. The zero-order chi connectivity index (χ0) is 10.1. The van der Waals surface area contributed by atoms with E-state index >= 15 is 0 Å². The molecule has 0 saturated carbocycles. The number of amides is 1. The van der Waals surface area contributed by atoms with Gasteiger partial charge in [-0.2, -0.15) is 0 Å². The summed E-state index contributed by atoms with van der Waals surface area (Å²) in [5, 5.41) is 5.80. The zero-order valence-corrected chi connectivity index (χ0v) is 7.72. The van der Waals surface area contributed by atoms with Gasteiger partial charge >= 0.3 is 0 Å². The first-order valence-corrected chi connectivity index (χ1v) is 3.83. The fourth-order valence-electron chi connectivity index (χ4n) is 0.683. The SMILES string of the molecule is Cc1cc(NC(=O)C(C)(C)F)on1. The van der Waals surface area contributed by atoms with Gasteiger partial charge in [0.25, 0.3) is 5.91 Å². The van der Waals surface area contributed by atoms with Crippen LogP contribution in [0.4, 0.5) is 10.3 Å². The highest BCUT2D eigenvalue weighted by atomic mass is 19.1. The maximum atomic E-state index is 13.0. The Kier molecular flexibility index (Phi) is 2.36. The van der Waals surface area contributed by atoms with Crippen molar-refractivity contribution in [3.63, 3.8) is 0 Å². The molecule has 0 aromatic carbocycles. The second kappa shape index (κ2) is 3.16. The van der Waals surface area contributed by atoms with Crippen LogP contribution in [0.1, 0.15) is 19.5 Å². The van der Waals surface area contributed by atoms with E-state index in [-0.39, 0.29) is 5.88 Å². The van der Waals surface area contributed by atoms with E-state index in [1.54, 1.807) is 6.92 Å². The Labute approximate surface area is 75.1 Å². The van der Waals surface area contributed by atoms with Gasteiger partial charge in [-0.1, -0.05) is 5.16 Å². The molecule has 13 heavy (non-hydrogen) atoms. The lowest BCUT2D eigenvalue weighted by molar-refractivity contribution is -0.125. The van der Waals surface area contributed by atoms with Crippen molar-refractivity contribution < 1.29 is 13.7 Å². The number of aryl methyl sites for hydroxylation is 1. The molecule has 0 aliphatic carbocycles. The largest absolute Gasteiger partial charge is 0.338 e. The molecular formula is C8H11FN2O2. The average Bonchev–Trinajstić information content (AvgIpc) is 2.33. The van der Waals surface area contributed by atoms with E-state index in [0.717, 1.165) is 0 Å². The van der Waals surface area contributed by atoms with Crippen molar-refractivity contribution in [1.82, 2.24) is 5.16 Å². The molecule has 72 valence electrons. The lowest BCUT2D eigenvalue weighted by atomic mass is 10.1. The molecule has 0 aliphatic heterocycles. The maximum absolute atomic E-state index is 13.0. The van der Waals surface area contributed by atoms with E-state index in [1.807, 2.05) is 0 Å². The Bertz CT molecular complexity index is 314. The molecule has 0 unspecified atom stereocenters. The normalized spacial score (nSPS) is 11.4. The highest BCUT2D eigenvalue weighted by molar-refractivity contribution is 5.95. The van der Waals surface area contributed by atoms with Crippen LogP contribution in [-0.4, -0.2) is 16.7 Å². The van der Waals surface area contributed by atoms with E-state index in [9.17, 15) is 9.18 Å². The van der Waals surface area contributed by atoms with E-state index in [2.05, 4.69) is 15.0 Å². The minimum Gasteiger partial charge on any atom is -0.338 e. The smallest absolute Gasteiger partial charge is 0.263 e. The van der Waals surface area contributed by atoms with Crippen LogP contribution in [0.3, 0.4) is 0 Å². The summed E-state index contributed by atoms with van der Waals surface area (Å²) in [5.41, 5.74) is -1.28. The number of hydrogen-bond acceptors (Lipinski definition) is 3. The van der Waals surface area contributed by atoms with Crippen molar-refractivity contribution in [3.8, 4) is 0 Å². The van der Waals surface area contributed by atoms with Gasteiger partial charge in [-0.05, 0) is 20.8 Å². The Morgan fingerprint density at radius 3 is 2.69 bits per heavy atom. The number of hydrogen-bond donors (Lipinski definition) is 1. The molecule has 1 heterocycles. The highest BCUT2D eigenvalue weighted by Gasteiger charge is 2.27. The summed E-state index contributed by atoms with van der Waals surface area (Å²) in [6.07, 6.45) is 0. The average molecular weight is 186 g/mol. The Morgan fingerprint density at radius 2 is 2.31 bits per heavy atom. The molecule has 0 spiro atoms. The van der Waals surface area contributed by atoms with Crippen LogP contribution in [0.25, 0.3) is 0 Å². The quantitative estimate of drug-likeness (QED) is 0.764. The predicted molar refractivity (Wildman–Crippen MR) is 45.1 cm³/mol. The van der Waals surface area contributed by atoms with Crippen LogP contribution in [0.5, 0.6) is 0 Å². The molecule has 1 N–H and O–H groups in total. The minimum atomic E-state index is -1.92. The summed E-state index contributed by atoms with van der Waals surface area (Å²) in [5.74, 6) is -0.586. The molecule has 5 heteroatoms. The van der Waals surface area contributed by atoms with Crippen LogP contribution in [-0.2, 0) is 4.79 Å². The minimum absolute atomic E-state index is 0.160. The van der Waals surface area contributed by atoms with Crippen molar-refractivity contribution >= 4 is 11.8 Å². The first kappa shape index (κ1) is 9.70. The van der Waals surface area contributed by atoms with Crippen LogP contribution >= 0.6 is 0 Å². The van der Waals surface area contributed by atoms with Gasteiger partial charge in [-0.3, -0.25) is 10.1 Å². The highest BCUT2D eigenvalue weighted by Crippen LogP contribution is 2.14. The number of carbonyl (C=O) groups excluding carboxylic acids is 1. The van der Waals surface area contributed by atoms with Gasteiger partial charge in [0.05, 0.1) is 5.69 Å². The summed E-state index contributed by atoms with van der Waals surface area (Å²) >= 11 is 0. The second-order valence-electron chi connectivity index (χ2n) is 3.26. The maximum Gasteiger partial charge on any atom is 0.263 e. The predicted octanol–water partition coefficient (Wildman–Crippen LogP) is 1.67. The van der Waals surface area contributed by atoms with Crippen molar-refractivity contribution in [2.75, 3.05) is 5.32 Å². The molecule has 0 atom stereocenters. The van der Waals surface area contributed by atoms with E-state index in [1.165, 1.54) is 19.9 Å². The fourth-order valence-corrected chi connectivity index (χ4v) is 0.683. The number of carbonyl (C=O) groups is 1. The van der Waals surface area contributed by atoms with Crippen LogP contribution in [0, 0.1) is 6.92 Å². The molecule has 0 fully saturated rings. The third-order valence-corrected chi connectivity index (χ3v) is 1.40. The summed E-state index contributed by atoms with van der Waals surface area (Å²) in [7, 11) is 0. The lowest BCUT2D eigenvalue weighted by Crippen LogP contribution is -2.32. The fraction of sp³-hybridized carbons (Fsp3) is 0.500. The van der Waals surface area contributed by atoms with E-state index in [0.29, 0.717) is 5.69 Å². The number of halogens is 1. The molecule has 0 aliphatic rings. The van der Waals surface area contributed by atoms with Gasteiger partial charge < -0.3 is 4.52 Å². The van der Waals surface area contributed by atoms with Crippen LogP contribution < -0.4 is 5.32 Å². The number of anilines is 1. The zero-order valence-electron chi connectivity index (χ0n) is 7.72. The van der Waals surface area contributed by atoms with E-state index in [4.69, 9.17) is 0 Å². The van der Waals surface area contributed by atoms with Crippen molar-refractivity contribution in [3.05, 3.63) is 11.8 Å². The molecule has 0 bridgehead atoms. The number of rotatable bonds is 2. The molecule has 1 amide bonds. The Balaban J connectivity index is 2.65. The van der Waals surface area contributed by atoms with Crippen molar-refractivity contribution in [1.29, 1.82) is 0 Å². The van der Waals surface area contributed by atoms with Crippen molar-refractivity contribution in [2.24, 2.45) is 0 Å². The van der Waals surface area contributed by atoms with Gasteiger partial charge in [0.2, 0.25) is 5.88 Å². The summed E-state index contributed by atoms with van der Waals surface area (Å²) < 4.78 is 17.7. The van der Waals surface area contributed by atoms with Crippen LogP contribution in [0.15, 0.2) is 10.6 Å². The van der Waals surface area contributed by atoms with Gasteiger partial charge in [0.15, 0.2) is 5.67 Å². The van der Waals surface area contributed by atoms with Crippen molar-refractivity contribution in [2.45, 2.75) is 26.4 Å².